The van der Waals surface area contributed by atoms with Crippen molar-refractivity contribution in [3.05, 3.63) is 24.8 Å². The van der Waals surface area contributed by atoms with Crippen molar-refractivity contribution in [1.29, 1.82) is 0 Å². The Kier molecular flexibility index (Phi) is 6.75. The van der Waals surface area contributed by atoms with Gasteiger partial charge in [0.15, 0.2) is 5.73 Å². The lowest BCUT2D eigenvalue weighted by atomic mass is 10.4. The van der Waals surface area contributed by atoms with E-state index >= 15 is 0 Å². The van der Waals surface area contributed by atoms with E-state index in [0.717, 1.165) is 6.08 Å². The molecule has 6 heteroatoms. The maximum Gasteiger partial charge on any atom is 0.456 e. The lowest BCUT2D eigenvalue weighted by Gasteiger charge is -2.32. The Hall–Kier alpha value is -1.24. The summed E-state index contributed by atoms with van der Waals surface area (Å²) < 4.78 is 15.8. The molecule has 18 heavy (non-hydrogen) atoms. The van der Waals surface area contributed by atoms with Gasteiger partial charge in [-0.25, -0.2) is 4.79 Å². The Morgan fingerprint density at radius 2 is 1.83 bits per heavy atom. The number of carbonyl (C=O) groups excluding carboxylic acids is 2. The summed E-state index contributed by atoms with van der Waals surface area (Å²) in [7, 11) is -0.596. The molecule has 0 saturated carbocycles. The van der Waals surface area contributed by atoms with E-state index in [4.69, 9.17) is 13.6 Å². The van der Waals surface area contributed by atoms with Crippen LogP contribution in [0.5, 0.6) is 0 Å². The van der Waals surface area contributed by atoms with E-state index < -0.39 is 20.3 Å². The van der Waals surface area contributed by atoms with Crippen LogP contribution >= 0.6 is 0 Å². The highest BCUT2D eigenvalue weighted by Gasteiger charge is 2.54. The highest BCUT2D eigenvalue weighted by molar-refractivity contribution is 7.00. The molecule has 0 aliphatic heterocycles. The summed E-state index contributed by atoms with van der Waals surface area (Å²) in [5.41, 5.74) is -0.416. The average molecular weight is 272 g/mol. The molecular formula is C12H20O5Si. The van der Waals surface area contributed by atoms with Crippen LogP contribution in [-0.4, -0.2) is 39.9 Å². The van der Waals surface area contributed by atoms with Gasteiger partial charge in [-0.2, -0.15) is 0 Å². The highest BCUT2D eigenvalue weighted by Crippen LogP contribution is 2.21. The molecule has 0 aliphatic carbocycles. The van der Waals surface area contributed by atoms with Crippen LogP contribution in [0.1, 0.15) is 20.3 Å². The van der Waals surface area contributed by atoms with Gasteiger partial charge in [0, 0.05) is 20.3 Å². The zero-order valence-corrected chi connectivity index (χ0v) is 12.3. The molecule has 0 aromatic heterocycles. The van der Waals surface area contributed by atoms with Crippen LogP contribution < -0.4 is 0 Å². The number of hydrogen-bond donors (Lipinski definition) is 0. The smallest absolute Gasteiger partial charge is 0.456 e. The van der Waals surface area contributed by atoms with Crippen LogP contribution in [0.25, 0.3) is 0 Å². The molecule has 102 valence electrons. The molecule has 0 N–H and O–H groups in total. The third kappa shape index (κ3) is 3.38. The normalized spacial score (nSPS) is 12.7. The van der Waals surface area contributed by atoms with Crippen molar-refractivity contribution in [2.75, 3.05) is 14.2 Å². The largest absolute Gasteiger partial charge is 0.457 e. The van der Waals surface area contributed by atoms with Gasteiger partial charge in [-0.15, -0.1) is 0 Å². The maximum absolute atomic E-state index is 12.2. The van der Waals surface area contributed by atoms with Crippen LogP contribution in [0.3, 0.4) is 0 Å². The second-order valence-corrected chi connectivity index (χ2v) is 6.97. The standard InChI is InChI=1S/C12H20O5Si/c1-7-10(13)17-11(8-2)18(15-5,16-6)12(14)9(3)4/h7,11H,1,3,8H2,2,4-6H3. The molecule has 5 nitrogen and oxygen atoms in total. The average Bonchev–Trinajstić information content (AvgIpc) is 2.38. The number of allylic oxidation sites excluding steroid dienone is 1. The van der Waals surface area contributed by atoms with Gasteiger partial charge in [0.1, 0.15) is 0 Å². The molecule has 0 aliphatic rings. The summed E-state index contributed by atoms with van der Waals surface area (Å²) in [4.78, 5) is 23.5. The first-order valence-corrected chi connectivity index (χ1v) is 7.42. The third-order valence-corrected chi connectivity index (χ3v) is 6.18. The molecule has 0 radical (unpaired) electrons. The van der Waals surface area contributed by atoms with E-state index in [1.54, 1.807) is 13.8 Å². The van der Waals surface area contributed by atoms with Gasteiger partial charge in [0.25, 0.3) is 0 Å². The predicted molar refractivity (Wildman–Crippen MR) is 70.0 cm³/mol. The Balaban J connectivity index is 5.39. The predicted octanol–water partition coefficient (Wildman–Crippen LogP) is 1.45. The minimum Gasteiger partial charge on any atom is -0.457 e. The van der Waals surface area contributed by atoms with Gasteiger partial charge in [0.05, 0.1) is 0 Å². The molecule has 0 rings (SSSR count). The second-order valence-electron chi connectivity index (χ2n) is 3.72. The van der Waals surface area contributed by atoms with Crippen LogP contribution in [-0.2, 0) is 23.2 Å². The van der Waals surface area contributed by atoms with Crippen molar-refractivity contribution in [2.24, 2.45) is 0 Å². The van der Waals surface area contributed by atoms with Crippen molar-refractivity contribution in [3.8, 4) is 0 Å². The molecule has 0 heterocycles. The molecule has 0 aromatic rings. The monoisotopic (exact) mass is 272 g/mol. The molecule has 0 bridgehead atoms. The first kappa shape index (κ1) is 16.8. The second kappa shape index (κ2) is 7.25. The van der Waals surface area contributed by atoms with Gasteiger partial charge >= 0.3 is 14.5 Å². The maximum atomic E-state index is 12.2. The van der Waals surface area contributed by atoms with E-state index in [9.17, 15) is 9.59 Å². The molecule has 0 fully saturated rings. The summed E-state index contributed by atoms with van der Waals surface area (Å²) in [5, 5.41) is -0.323. The molecule has 1 unspecified atom stereocenters. The molecule has 0 aromatic carbocycles. The van der Waals surface area contributed by atoms with Gasteiger partial charge in [-0.1, -0.05) is 20.1 Å². The summed E-state index contributed by atoms with van der Waals surface area (Å²) in [6.45, 7) is 10.3. The highest BCUT2D eigenvalue weighted by atomic mass is 28.4. The minimum absolute atomic E-state index is 0.318. The van der Waals surface area contributed by atoms with Gasteiger partial charge < -0.3 is 13.6 Å². The Morgan fingerprint density at radius 3 is 2.11 bits per heavy atom. The van der Waals surface area contributed by atoms with Crippen molar-refractivity contribution >= 4 is 19.9 Å². The SMILES string of the molecule is C=CC(=O)OC(CC)[Si](OC)(OC)C(=O)C(=C)C. The number of ether oxygens (including phenoxy) is 1. The number of rotatable bonds is 8. The van der Waals surface area contributed by atoms with Crippen LogP contribution in [0, 0.1) is 0 Å². The Bertz CT molecular complexity index is 346. The van der Waals surface area contributed by atoms with E-state index in [-0.39, 0.29) is 5.41 Å². The lowest BCUT2D eigenvalue weighted by Crippen LogP contribution is -2.60. The molecular weight excluding hydrogens is 252 g/mol. The van der Waals surface area contributed by atoms with E-state index in [2.05, 4.69) is 13.2 Å². The van der Waals surface area contributed by atoms with Crippen LogP contribution in [0.2, 0.25) is 0 Å². The molecule has 0 amide bonds. The zero-order chi connectivity index (χ0) is 14.3. The fourth-order valence-corrected chi connectivity index (χ4v) is 4.35. The fourth-order valence-electron chi connectivity index (χ4n) is 1.59. The van der Waals surface area contributed by atoms with Crippen molar-refractivity contribution in [1.82, 2.24) is 0 Å². The number of carbonyl (C=O) groups is 2. The zero-order valence-electron chi connectivity index (χ0n) is 11.3. The molecule has 0 saturated heterocycles. The van der Waals surface area contributed by atoms with Gasteiger partial charge in [-0.05, 0) is 18.9 Å². The lowest BCUT2D eigenvalue weighted by molar-refractivity contribution is -0.141. The summed E-state index contributed by atoms with van der Waals surface area (Å²) >= 11 is 0. The first-order valence-electron chi connectivity index (χ1n) is 5.53. The number of esters is 1. The van der Waals surface area contributed by atoms with Gasteiger partial charge in [-0.3, -0.25) is 4.79 Å². The summed E-state index contributed by atoms with van der Waals surface area (Å²) in [6.07, 6.45) is 1.45. The summed E-state index contributed by atoms with van der Waals surface area (Å²) in [6, 6.07) is 0. The summed E-state index contributed by atoms with van der Waals surface area (Å²) in [5.74, 6) is -0.609. The Labute approximate surface area is 109 Å². The van der Waals surface area contributed by atoms with Crippen molar-refractivity contribution in [3.63, 3.8) is 0 Å². The van der Waals surface area contributed by atoms with Crippen LogP contribution in [0.15, 0.2) is 24.8 Å². The third-order valence-electron chi connectivity index (χ3n) is 2.53. The van der Waals surface area contributed by atoms with Crippen LogP contribution in [0.4, 0.5) is 0 Å². The van der Waals surface area contributed by atoms with E-state index in [1.807, 2.05) is 0 Å². The first-order chi connectivity index (χ1) is 8.39. The topological polar surface area (TPSA) is 61.8 Å². The Morgan fingerprint density at radius 1 is 1.33 bits per heavy atom. The number of hydrogen-bond acceptors (Lipinski definition) is 5. The minimum atomic E-state index is -3.35. The molecule has 0 spiro atoms. The van der Waals surface area contributed by atoms with E-state index in [1.165, 1.54) is 14.2 Å². The van der Waals surface area contributed by atoms with E-state index in [0.29, 0.717) is 12.0 Å². The van der Waals surface area contributed by atoms with Crippen molar-refractivity contribution < 1.29 is 23.2 Å². The van der Waals surface area contributed by atoms with Crippen molar-refractivity contribution in [2.45, 2.75) is 26.0 Å². The molecule has 1 atom stereocenters. The quantitative estimate of drug-likeness (QED) is 0.380. The van der Waals surface area contributed by atoms with Gasteiger partial charge in [0.2, 0.25) is 5.41 Å². The fraction of sp³-hybridized carbons (Fsp3) is 0.500.